The molecule has 3 heteroatoms. The van der Waals surface area contributed by atoms with Gasteiger partial charge in [-0.25, -0.2) is 0 Å². The molecule has 13 heavy (non-hydrogen) atoms. The third-order valence-corrected chi connectivity index (χ3v) is 1.99. The maximum absolute atomic E-state index is 9.20. The Morgan fingerprint density at radius 1 is 1.54 bits per heavy atom. The van der Waals surface area contributed by atoms with Crippen molar-refractivity contribution in [1.82, 2.24) is 0 Å². The molecule has 0 fully saturated rings. The highest BCUT2D eigenvalue weighted by atomic mass is 16.3. The minimum Gasteiger partial charge on any atom is -0.508 e. The summed E-state index contributed by atoms with van der Waals surface area (Å²) < 4.78 is 0. The van der Waals surface area contributed by atoms with Crippen LogP contribution < -0.4 is 11.1 Å². The lowest BCUT2D eigenvalue weighted by Crippen LogP contribution is -2.27. The molecule has 0 radical (unpaired) electrons. The molecule has 1 aromatic carbocycles. The molecular weight excluding hydrogens is 164 g/mol. The first kappa shape index (κ1) is 9.86. The van der Waals surface area contributed by atoms with Crippen LogP contribution in [0.25, 0.3) is 0 Å². The molecule has 0 amide bonds. The highest BCUT2D eigenvalue weighted by Gasteiger charge is 2.02. The van der Waals surface area contributed by atoms with Gasteiger partial charge in [-0.2, -0.15) is 0 Å². The summed E-state index contributed by atoms with van der Waals surface area (Å²) in [5, 5.41) is 12.4. The first-order valence-corrected chi connectivity index (χ1v) is 4.52. The number of nitrogens with two attached hydrogens (primary N) is 1. The number of nitrogens with one attached hydrogen (secondary N) is 1. The largest absolute Gasteiger partial charge is 0.508 e. The molecule has 1 aromatic rings. The van der Waals surface area contributed by atoms with E-state index in [1.807, 2.05) is 6.07 Å². The molecule has 0 aliphatic carbocycles. The monoisotopic (exact) mass is 180 g/mol. The fraction of sp³-hybridized carbons (Fsp3) is 0.400. The Hall–Kier alpha value is -1.22. The van der Waals surface area contributed by atoms with E-state index in [0.29, 0.717) is 6.54 Å². The molecule has 3 nitrogen and oxygen atoms in total. The molecular formula is C10H16N2O. The quantitative estimate of drug-likeness (QED) is 0.658. The normalized spacial score (nSPS) is 12.5. The Labute approximate surface area is 78.6 Å². The summed E-state index contributed by atoms with van der Waals surface area (Å²) in [6.45, 7) is 2.68. The van der Waals surface area contributed by atoms with Crippen LogP contribution in [0.2, 0.25) is 0 Å². The van der Waals surface area contributed by atoms with Gasteiger partial charge in [-0.1, -0.05) is 13.0 Å². The first-order chi connectivity index (χ1) is 6.26. The highest BCUT2D eigenvalue weighted by molar-refractivity contribution is 5.48. The van der Waals surface area contributed by atoms with Crippen LogP contribution in [0.3, 0.4) is 0 Å². The van der Waals surface area contributed by atoms with Gasteiger partial charge in [0.05, 0.1) is 0 Å². The van der Waals surface area contributed by atoms with Gasteiger partial charge in [-0.3, -0.25) is 0 Å². The van der Waals surface area contributed by atoms with Crippen LogP contribution in [-0.4, -0.2) is 17.7 Å². The van der Waals surface area contributed by atoms with Gasteiger partial charge >= 0.3 is 0 Å². The highest BCUT2D eigenvalue weighted by Crippen LogP contribution is 2.16. The maximum atomic E-state index is 9.20. The first-order valence-electron chi connectivity index (χ1n) is 4.52. The second-order valence-corrected chi connectivity index (χ2v) is 3.04. The molecule has 0 saturated heterocycles. The molecule has 0 heterocycles. The van der Waals surface area contributed by atoms with Crippen LogP contribution in [0.5, 0.6) is 5.75 Å². The van der Waals surface area contributed by atoms with Crippen molar-refractivity contribution in [3.05, 3.63) is 24.3 Å². The lowest BCUT2D eigenvalue weighted by atomic mass is 10.2. The number of benzene rings is 1. The number of phenolic OH excluding ortho intramolecular Hbond substituents is 1. The van der Waals surface area contributed by atoms with Gasteiger partial charge < -0.3 is 16.2 Å². The van der Waals surface area contributed by atoms with Crippen molar-refractivity contribution < 1.29 is 5.11 Å². The Bertz CT molecular complexity index is 259. The minimum absolute atomic E-state index is 0.275. The van der Waals surface area contributed by atoms with Crippen LogP contribution in [0, 0.1) is 0 Å². The van der Waals surface area contributed by atoms with Gasteiger partial charge in [0.1, 0.15) is 5.75 Å². The molecule has 1 atom stereocenters. The van der Waals surface area contributed by atoms with Crippen molar-refractivity contribution in [1.29, 1.82) is 0 Å². The van der Waals surface area contributed by atoms with Crippen LogP contribution in [0.4, 0.5) is 5.69 Å². The molecule has 4 N–H and O–H groups in total. The SMILES string of the molecule is CCC(CN)Nc1cccc(O)c1. The number of rotatable bonds is 4. The molecule has 1 rings (SSSR count). The van der Waals surface area contributed by atoms with E-state index in [1.54, 1.807) is 18.2 Å². The summed E-state index contributed by atoms with van der Waals surface area (Å²) >= 11 is 0. The van der Waals surface area contributed by atoms with E-state index < -0.39 is 0 Å². The van der Waals surface area contributed by atoms with E-state index in [4.69, 9.17) is 5.73 Å². The van der Waals surface area contributed by atoms with Crippen LogP contribution in [0.15, 0.2) is 24.3 Å². The Morgan fingerprint density at radius 2 is 2.31 bits per heavy atom. The fourth-order valence-electron chi connectivity index (χ4n) is 1.16. The van der Waals surface area contributed by atoms with E-state index in [2.05, 4.69) is 12.2 Å². The third kappa shape index (κ3) is 2.95. The zero-order chi connectivity index (χ0) is 9.68. The molecule has 0 saturated carbocycles. The Balaban J connectivity index is 2.62. The smallest absolute Gasteiger partial charge is 0.117 e. The second kappa shape index (κ2) is 4.72. The summed E-state index contributed by atoms with van der Waals surface area (Å²) in [7, 11) is 0. The summed E-state index contributed by atoms with van der Waals surface area (Å²) in [5.41, 5.74) is 6.46. The summed E-state index contributed by atoms with van der Waals surface area (Å²) in [6.07, 6.45) is 0.978. The van der Waals surface area contributed by atoms with Crippen LogP contribution >= 0.6 is 0 Å². The van der Waals surface area contributed by atoms with Crippen molar-refractivity contribution in [2.75, 3.05) is 11.9 Å². The van der Waals surface area contributed by atoms with Gasteiger partial charge in [0.15, 0.2) is 0 Å². The van der Waals surface area contributed by atoms with Crippen molar-refractivity contribution in [2.45, 2.75) is 19.4 Å². The number of hydrogen-bond donors (Lipinski definition) is 3. The fourth-order valence-corrected chi connectivity index (χ4v) is 1.16. The predicted molar refractivity (Wildman–Crippen MR) is 54.9 cm³/mol. The number of hydrogen-bond acceptors (Lipinski definition) is 3. The molecule has 0 spiro atoms. The van der Waals surface area contributed by atoms with Crippen molar-refractivity contribution in [3.8, 4) is 5.75 Å². The van der Waals surface area contributed by atoms with Crippen LogP contribution in [0.1, 0.15) is 13.3 Å². The molecule has 0 aromatic heterocycles. The van der Waals surface area contributed by atoms with E-state index in [9.17, 15) is 5.11 Å². The molecule has 72 valence electrons. The lowest BCUT2D eigenvalue weighted by Gasteiger charge is -2.15. The second-order valence-electron chi connectivity index (χ2n) is 3.04. The molecule has 0 aliphatic heterocycles. The van der Waals surface area contributed by atoms with Crippen molar-refractivity contribution in [3.63, 3.8) is 0 Å². The van der Waals surface area contributed by atoms with E-state index in [-0.39, 0.29) is 11.8 Å². The topological polar surface area (TPSA) is 58.3 Å². The molecule has 0 bridgehead atoms. The zero-order valence-corrected chi connectivity index (χ0v) is 7.83. The van der Waals surface area contributed by atoms with Gasteiger partial charge in [0.25, 0.3) is 0 Å². The Kier molecular flexibility index (Phi) is 3.58. The van der Waals surface area contributed by atoms with E-state index in [0.717, 1.165) is 12.1 Å². The number of phenols is 1. The average Bonchev–Trinajstić information content (AvgIpc) is 2.14. The van der Waals surface area contributed by atoms with Crippen LogP contribution in [-0.2, 0) is 0 Å². The standard InChI is InChI=1S/C10H16N2O/c1-2-8(7-11)12-9-4-3-5-10(13)6-9/h3-6,8,12-13H,2,7,11H2,1H3. The molecule has 0 aliphatic rings. The summed E-state index contributed by atoms with van der Waals surface area (Å²) in [5.74, 6) is 0.275. The lowest BCUT2D eigenvalue weighted by molar-refractivity contribution is 0.475. The van der Waals surface area contributed by atoms with Gasteiger partial charge in [-0.15, -0.1) is 0 Å². The van der Waals surface area contributed by atoms with E-state index >= 15 is 0 Å². The summed E-state index contributed by atoms with van der Waals surface area (Å²) in [4.78, 5) is 0. The average molecular weight is 180 g/mol. The predicted octanol–water partition coefficient (Wildman–Crippen LogP) is 1.54. The summed E-state index contributed by atoms with van der Waals surface area (Å²) in [6, 6.07) is 7.34. The Morgan fingerprint density at radius 3 is 2.85 bits per heavy atom. The number of anilines is 1. The number of aromatic hydroxyl groups is 1. The van der Waals surface area contributed by atoms with Gasteiger partial charge in [0.2, 0.25) is 0 Å². The van der Waals surface area contributed by atoms with Crippen molar-refractivity contribution in [2.24, 2.45) is 5.73 Å². The maximum Gasteiger partial charge on any atom is 0.117 e. The third-order valence-electron chi connectivity index (χ3n) is 1.99. The zero-order valence-electron chi connectivity index (χ0n) is 7.83. The molecule has 1 unspecified atom stereocenters. The van der Waals surface area contributed by atoms with Gasteiger partial charge in [0, 0.05) is 24.3 Å². The van der Waals surface area contributed by atoms with Gasteiger partial charge in [-0.05, 0) is 18.6 Å². The van der Waals surface area contributed by atoms with E-state index in [1.165, 1.54) is 0 Å². The minimum atomic E-state index is 0.275. The van der Waals surface area contributed by atoms with Crippen molar-refractivity contribution >= 4 is 5.69 Å².